The molecule has 0 spiro atoms. The number of allylic oxidation sites excluding steroid dienone is 1. The van der Waals surface area contributed by atoms with Crippen molar-refractivity contribution in [3.63, 3.8) is 0 Å². The molecule has 0 aromatic rings. The van der Waals surface area contributed by atoms with Crippen LogP contribution in [0.2, 0.25) is 0 Å². The Kier molecular flexibility index (Phi) is 6.44. The van der Waals surface area contributed by atoms with E-state index in [2.05, 4.69) is 13.5 Å². The lowest BCUT2D eigenvalue weighted by Crippen LogP contribution is -2.19. The fourth-order valence-electron chi connectivity index (χ4n) is 1.07. The molecule has 0 aliphatic heterocycles. The van der Waals surface area contributed by atoms with Crippen LogP contribution in [0.4, 0.5) is 0 Å². The third-order valence-corrected chi connectivity index (χ3v) is 1.90. The van der Waals surface area contributed by atoms with Crippen molar-refractivity contribution in [2.45, 2.75) is 39.5 Å². The molecule has 0 aliphatic rings. The molecular formula is C10H20N2. The number of nitrogens with zero attached hydrogens (tertiary/aromatic N) is 1. The van der Waals surface area contributed by atoms with E-state index in [1.807, 2.05) is 11.8 Å². The van der Waals surface area contributed by atoms with Crippen LogP contribution in [-0.4, -0.2) is 17.8 Å². The van der Waals surface area contributed by atoms with Gasteiger partial charge >= 0.3 is 0 Å². The fourth-order valence-corrected chi connectivity index (χ4v) is 1.07. The van der Waals surface area contributed by atoms with Gasteiger partial charge < -0.3 is 4.90 Å². The topological polar surface area (TPSA) is 27.1 Å². The number of rotatable bonds is 7. The summed E-state index contributed by atoms with van der Waals surface area (Å²) in [6, 6.07) is 0. The third-order valence-electron chi connectivity index (χ3n) is 1.90. The lowest BCUT2D eigenvalue weighted by atomic mass is 10.2. The Morgan fingerprint density at radius 3 is 2.50 bits per heavy atom. The molecule has 0 unspecified atom stereocenters. The molecular weight excluding hydrogens is 148 g/mol. The minimum atomic E-state index is 0.943. The maximum absolute atomic E-state index is 7.11. The zero-order valence-corrected chi connectivity index (χ0v) is 8.27. The summed E-state index contributed by atoms with van der Waals surface area (Å²) >= 11 is 0. The molecule has 0 rings (SSSR count). The molecule has 70 valence electrons. The average Bonchev–Trinajstić information content (AvgIpc) is 2.04. The van der Waals surface area contributed by atoms with Gasteiger partial charge in [-0.05, 0) is 13.3 Å². The molecule has 0 radical (unpaired) electrons. The summed E-state index contributed by atoms with van der Waals surface area (Å²) in [5.41, 5.74) is 0.960. The molecule has 0 aromatic heterocycles. The van der Waals surface area contributed by atoms with Gasteiger partial charge in [0.25, 0.3) is 0 Å². The molecule has 0 fully saturated rings. The SMILES string of the molecule is C=C(C)N(C=N)CCCCCC. The number of hydrogen-bond acceptors (Lipinski definition) is 1. The Labute approximate surface area is 75.8 Å². The van der Waals surface area contributed by atoms with Gasteiger partial charge in [-0.15, -0.1) is 0 Å². The van der Waals surface area contributed by atoms with Gasteiger partial charge in [-0.1, -0.05) is 32.8 Å². The van der Waals surface area contributed by atoms with Crippen LogP contribution in [-0.2, 0) is 0 Å². The zero-order valence-electron chi connectivity index (χ0n) is 8.27. The van der Waals surface area contributed by atoms with Crippen LogP contribution in [0.15, 0.2) is 12.3 Å². The first-order chi connectivity index (χ1) is 5.72. The maximum Gasteiger partial charge on any atom is 0.0858 e. The summed E-state index contributed by atoms with van der Waals surface area (Å²) in [5.74, 6) is 0. The molecule has 0 saturated carbocycles. The summed E-state index contributed by atoms with van der Waals surface area (Å²) in [7, 11) is 0. The Balaban J connectivity index is 3.45. The first-order valence-corrected chi connectivity index (χ1v) is 4.65. The lowest BCUT2D eigenvalue weighted by Gasteiger charge is -2.17. The third kappa shape index (κ3) is 4.94. The van der Waals surface area contributed by atoms with Gasteiger partial charge in [0, 0.05) is 12.2 Å². The van der Waals surface area contributed by atoms with E-state index in [-0.39, 0.29) is 0 Å². The van der Waals surface area contributed by atoms with Gasteiger partial charge in [0.05, 0.1) is 6.34 Å². The van der Waals surface area contributed by atoms with Gasteiger partial charge in [0.2, 0.25) is 0 Å². The standard InChI is InChI=1S/C10H20N2/c1-4-5-6-7-8-12(9-11)10(2)3/h9,11H,2,4-8H2,1,3H3. The van der Waals surface area contributed by atoms with E-state index in [1.54, 1.807) is 0 Å². The van der Waals surface area contributed by atoms with Gasteiger partial charge in [-0.2, -0.15) is 0 Å². The van der Waals surface area contributed by atoms with Crippen molar-refractivity contribution in [1.82, 2.24) is 4.90 Å². The van der Waals surface area contributed by atoms with Crippen molar-refractivity contribution in [2.24, 2.45) is 0 Å². The molecule has 2 heteroatoms. The first-order valence-electron chi connectivity index (χ1n) is 4.65. The van der Waals surface area contributed by atoms with Crippen LogP contribution in [0.3, 0.4) is 0 Å². The molecule has 0 bridgehead atoms. The number of nitrogens with one attached hydrogen (secondary N) is 1. The van der Waals surface area contributed by atoms with Gasteiger partial charge in [-0.25, -0.2) is 0 Å². The normalized spacial score (nSPS) is 9.50. The Morgan fingerprint density at radius 1 is 1.42 bits per heavy atom. The molecule has 0 saturated heterocycles. The van der Waals surface area contributed by atoms with E-state index in [1.165, 1.54) is 25.6 Å². The quantitative estimate of drug-likeness (QED) is 0.353. The van der Waals surface area contributed by atoms with Gasteiger partial charge in [0.1, 0.15) is 0 Å². The van der Waals surface area contributed by atoms with E-state index >= 15 is 0 Å². The Bertz CT molecular complexity index is 141. The minimum Gasteiger partial charge on any atom is -0.338 e. The smallest absolute Gasteiger partial charge is 0.0858 e. The van der Waals surface area contributed by atoms with E-state index in [0.29, 0.717) is 0 Å². The highest BCUT2D eigenvalue weighted by molar-refractivity contribution is 5.53. The second-order valence-corrected chi connectivity index (χ2v) is 3.12. The molecule has 0 aliphatic carbocycles. The molecule has 12 heavy (non-hydrogen) atoms. The highest BCUT2D eigenvalue weighted by Gasteiger charge is 1.98. The van der Waals surface area contributed by atoms with E-state index in [0.717, 1.165) is 18.7 Å². The molecule has 0 aromatic carbocycles. The minimum absolute atomic E-state index is 0.943. The van der Waals surface area contributed by atoms with Gasteiger partial charge in [0.15, 0.2) is 0 Å². The van der Waals surface area contributed by atoms with Crippen molar-refractivity contribution in [2.75, 3.05) is 6.54 Å². The van der Waals surface area contributed by atoms with Gasteiger partial charge in [-0.3, -0.25) is 5.41 Å². The predicted octanol–water partition coefficient (Wildman–Crippen LogP) is 3.01. The summed E-state index contributed by atoms with van der Waals surface area (Å²) in [4.78, 5) is 1.88. The second-order valence-electron chi connectivity index (χ2n) is 3.12. The van der Waals surface area contributed by atoms with E-state index in [4.69, 9.17) is 5.41 Å². The maximum atomic E-state index is 7.11. The summed E-state index contributed by atoms with van der Waals surface area (Å²) in [6.07, 6.45) is 6.33. The zero-order chi connectivity index (χ0) is 9.40. The van der Waals surface area contributed by atoms with Crippen LogP contribution < -0.4 is 0 Å². The molecule has 0 heterocycles. The van der Waals surface area contributed by atoms with Crippen molar-refractivity contribution < 1.29 is 0 Å². The van der Waals surface area contributed by atoms with Crippen LogP contribution in [0.25, 0.3) is 0 Å². The highest BCUT2D eigenvalue weighted by Crippen LogP contribution is 2.03. The van der Waals surface area contributed by atoms with Crippen molar-refractivity contribution >= 4 is 6.34 Å². The first kappa shape index (κ1) is 11.2. The highest BCUT2D eigenvalue weighted by atomic mass is 15.1. The van der Waals surface area contributed by atoms with Crippen LogP contribution >= 0.6 is 0 Å². The second kappa shape index (κ2) is 6.89. The molecule has 1 N–H and O–H groups in total. The van der Waals surface area contributed by atoms with E-state index in [9.17, 15) is 0 Å². The average molecular weight is 168 g/mol. The van der Waals surface area contributed by atoms with Crippen LogP contribution in [0.1, 0.15) is 39.5 Å². The molecule has 0 atom stereocenters. The largest absolute Gasteiger partial charge is 0.338 e. The molecule has 0 amide bonds. The fraction of sp³-hybridized carbons (Fsp3) is 0.700. The predicted molar refractivity (Wildman–Crippen MR) is 54.4 cm³/mol. The Hall–Kier alpha value is -0.790. The van der Waals surface area contributed by atoms with E-state index < -0.39 is 0 Å². The van der Waals surface area contributed by atoms with Crippen molar-refractivity contribution in [3.8, 4) is 0 Å². The number of unbranched alkanes of at least 4 members (excludes halogenated alkanes) is 3. The molecule has 2 nitrogen and oxygen atoms in total. The summed E-state index contributed by atoms with van der Waals surface area (Å²) in [6.45, 7) is 8.88. The summed E-state index contributed by atoms with van der Waals surface area (Å²) < 4.78 is 0. The monoisotopic (exact) mass is 168 g/mol. The number of hydrogen-bond donors (Lipinski definition) is 1. The lowest BCUT2D eigenvalue weighted by molar-refractivity contribution is 0.488. The summed E-state index contributed by atoms with van der Waals surface area (Å²) in [5, 5.41) is 7.11. The van der Waals surface area contributed by atoms with Crippen LogP contribution in [0, 0.1) is 5.41 Å². The van der Waals surface area contributed by atoms with Crippen LogP contribution in [0.5, 0.6) is 0 Å². The van der Waals surface area contributed by atoms with Crippen molar-refractivity contribution in [3.05, 3.63) is 12.3 Å². The van der Waals surface area contributed by atoms with Crippen molar-refractivity contribution in [1.29, 1.82) is 5.41 Å². The Morgan fingerprint density at radius 2 is 2.08 bits per heavy atom.